The van der Waals surface area contributed by atoms with Crippen LogP contribution in [0.1, 0.15) is 17.5 Å². The summed E-state index contributed by atoms with van der Waals surface area (Å²) in [6.07, 6.45) is 0.486. The van der Waals surface area contributed by atoms with Crippen LogP contribution in [0.2, 0.25) is 0 Å². The molecule has 2 atom stereocenters. The summed E-state index contributed by atoms with van der Waals surface area (Å²) in [6.45, 7) is 3.57. The molecule has 2 amide bonds. The van der Waals surface area contributed by atoms with Crippen LogP contribution in [-0.2, 0) is 16.1 Å². The second kappa shape index (κ2) is 8.77. The standard InChI is InChI=1S/C21H24FN3O2/c1-14-2-4-15(5-3-14)11-24-20(26)16-10-17(13-23-12-16)21(27)25-19-8-6-18(22)7-9-19/h2-9,16-17,23H,10-13H2,1H3,(H,24,26)(H,25,27)/t16-,17+/m0/s1. The number of halogens is 1. The minimum atomic E-state index is -0.349. The molecule has 0 saturated carbocycles. The number of hydrogen-bond acceptors (Lipinski definition) is 3. The van der Waals surface area contributed by atoms with Crippen LogP contribution in [0.3, 0.4) is 0 Å². The van der Waals surface area contributed by atoms with Gasteiger partial charge in [0.25, 0.3) is 0 Å². The minimum absolute atomic E-state index is 0.0534. The van der Waals surface area contributed by atoms with Gasteiger partial charge in [0.15, 0.2) is 0 Å². The molecule has 2 aromatic rings. The Kier molecular flexibility index (Phi) is 6.19. The number of carbonyl (C=O) groups is 2. The molecule has 3 rings (SSSR count). The van der Waals surface area contributed by atoms with Crippen molar-refractivity contribution in [2.24, 2.45) is 11.8 Å². The van der Waals surface area contributed by atoms with E-state index in [-0.39, 0.29) is 29.5 Å². The Balaban J connectivity index is 1.51. The number of rotatable bonds is 5. The molecule has 0 aromatic heterocycles. The fourth-order valence-electron chi connectivity index (χ4n) is 3.16. The van der Waals surface area contributed by atoms with Crippen molar-refractivity contribution < 1.29 is 14.0 Å². The Morgan fingerprint density at radius 3 is 2.30 bits per heavy atom. The molecule has 1 fully saturated rings. The zero-order valence-corrected chi connectivity index (χ0v) is 15.3. The summed E-state index contributed by atoms with van der Waals surface area (Å²) >= 11 is 0. The number of carbonyl (C=O) groups excluding carboxylic acids is 2. The molecule has 6 heteroatoms. The van der Waals surface area contributed by atoms with Crippen molar-refractivity contribution in [3.8, 4) is 0 Å². The first-order valence-corrected chi connectivity index (χ1v) is 9.11. The molecule has 1 aliphatic rings. The molecule has 142 valence electrons. The van der Waals surface area contributed by atoms with E-state index in [1.54, 1.807) is 0 Å². The number of aryl methyl sites for hydroxylation is 1. The summed E-state index contributed by atoms with van der Waals surface area (Å²) in [5.74, 6) is -1.13. The summed E-state index contributed by atoms with van der Waals surface area (Å²) in [5, 5.41) is 8.90. The van der Waals surface area contributed by atoms with Gasteiger partial charge < -0.3 is 16.0 Å². The molecule has 0 aliphatic carbocycles. The Morgan fingerprint density at radius 1 is 1.00 bits per heavy atom. The van der Waals surface area contributed by atoms with Crippen molar-refractivity contribution in [1.82, 2.24) is 10.6 Å². The lowest BCUT2D eigenvalue weighted by Gasteiger charge is -2.28. The van der Waals surface area contributed by atoms with Crippen molar-refractivity contribution in [3.05, 3.63) is 65.5 Å². The molecule has 3 N–H and O–H groups in total. The van der Waals surface area contributed by atoms with Gasteiger partial charge in [-0.3, -0.25) is 9.59 Å². The van der Waals surface area contributed by atoms with E-state index in [9.17, 15) is 14.0 Å². The number of nitrogens with one attached hydrogen (secondary N) is 3. The van der Waals surface area contributed by atoms with Crippen LogP contribution >= 0.6 is 0 Å². The zero-order valence-electron chi connectivity index (χ0n) is 15.3. The monoisotopic (exact) mass is 369 g/mol. The lowest BCUT2D eigenvalue weighted by Crippen LogP contribution is -2.47. The average molecular weight is 369 g/mol. The van der Waals surface area contributed by atoms with Gasteiger partial charge in [0.2, 0.25) is 11.8 Å². The number of anilines is 1. The highest BCUT2D eigenvalue weighted by molar-refractivity contribution is 5.93. The van der Waals surface area contributed by atoms with Crippen LogP contribution < -0.4 is 16.0 Å². The van der Waals surface area contributed by atoms with Crippen LogP contribution in [-0.4, -0.2) is 24.9 Å². The van der Waals surface area contributed by atoms with Crippen LogP contribution in [0, 0.1) is 24.6 Å². The third-order valence-electron chi connectivity index (χ3n) is 4.79. The van der Waals surface area contributed by atoms with E-state index in [0.29, 0.717) is 31.7 Å². The number of piperidine rings is 1. The maximum atomic E-state index is 13.0. The Hall–Kier alpha value is -2.73. The summed E-state index contributed by atoms with van der Waals surface area (Å²) in [4.78, 5) is 24.9. The van der Waals surface area contributed by atoms with Crippen molar-refractivity contribution in [2.75, 3.05) is 18.4 Å². The molecule has 5 nitrogen and oxygen atoms in total. The second-order valence-corrected chi connectivity index (χ2v) is 6.99. The van der Waals surface area contributed by atoms with Gasteiger partial charge in [0, 0.05) is 25.3 Å². The summed E-state index contributed by atoms with van der Waals surface area (Å²) in [7, 11) is 0. The topological polar surface area (TPSA) is 70.2 Å². The SMILES string of the molecule is Cc1ccc(CNC(=O)[C@@H]2CNC[C@H](C(=O)Nc3ccc(F)cc3)C2)cc1. The molecule has 0 bridgehead atoms. The minimum Gasteiger partial charge on any atom is -0.352 e. The number of amides is 2. The first kappa shape index (κ1) is 19.0. The summed E-state index contributed by atoms with van der Waals surface area (Å²) < 4.78 is 13.0. The maximum absolute atomic E-state index is 13.0. The predicted octanol–water partition coefficient (Wildman–Crippen LogP) is 2.61. The van der Waals surface area contributed by atoms with Crippen molar-refractivity contribution in [1.29, 1.82) is 0 Å². The third kappa shape index (κ3) is 5.37. The van der Waals surface area contributed by atoms with Crippen LogP contribution in [0.15, 0.2) is 48.5 Å². The molecule has 0 unspecified atom stereocenters. The highest BCUT2D eigenvalue weighted by atomic mass is 19.1. The smallest absolute Gasteiger partial charge is 0.228 e. The first-order chi connectivity index (χ1) is 13.0. The highest BCUT2D eigenvalue weighted by Gasteiger charge is 2.31. The second-order valence-electron chi connectivity index (χ2n) is 6.99. The summed E-state index contributed by atoms with van der Waals surface area (Å²) in [5.41, 5.74) is 2.77. The third-order valence-corrected chi connectivity index (χ3v) is 4.79. The average Bonchev–Trinajstić information content (AvgIpc) is 2.69. The van der Waals surface area contributed by atoms with Gasteiger partial charge in [-0.2, -0.15) is 0 Å². The van der Waals surface area contributed by atoms with Gasteiger partial charge in [0.1, 0.15) is 5.82 Å². The van der Waals surface area contributed by atoms with Crippen molar-refractivity contribution in [3.63, 3.8) is 0 Å². The van der Waals surface area contributed by atoms with Gasteiger partial charge in [-0.05, 0) is 43.2 Å². The van der Waals surface area contributed by atoms with Gasteiger partial charge in [-0.1, -0.05) is 29.8 Å². The van der Waals surface area contributed by atoms with Crippen LogP contribution in [0.4, 0.5) is 10.1 Å². The Bertz CT molecular complexity index is 790. The Labute approximate surface area is 158 Å². The Morgan fingerprint density at radius 2 is 1.63 bits per heavy atom. The molecular formula is C21H24FN3O2. The van der Waals surface area contributed by atoms with E-state index in [4.69, 9.17) is 0 Å². The number of hydrogen-bond donors (Lipinski definition) is 3. The number of benzene rings is 2. The lowest BCUT2D eigenvalue weighted by atomic mass is 9.89. The van der Waals surface area contributed by atoms with E-state index >= 15 is 0 Å². The van der Waals surface area contributed by atoms with E-state index in [1.165, 1.54) is 29.8 Å². The van der Waals surface area contributed by atoms with Crippen molar-refractivity contribution >= 4 is 17.5 Å². The fourth-order valence-corrected chi connectivity index (χ4v) is 3.16. The van der Waals surface area contributed by atoms with E-state index in [0.717, 1.165) is 5.56 Å². The molecule has 27 heavy (non-hydrogen) atoms. The van der Waals surface area contributed by atoms with E-state index in [2.05, 4.69) is 16.0 Å². The predicted molar refractivity (Wildman–Crippen MR) is 103 cm³/mol. The lowest BCUT2D eigenvalue weighted by molar-refractivity contribution is -0.127. The van der Waals surface area contributed by atoms with Gasteiger partial charge in [-0.15, -0.1) is 0 Å². The summed E-state index contributed by atoms with van der Waals surface area (Å²) in [6, 6.07) is 13.7. The highest BCUT2D eigenvalue weighted by Crippen LogP contribution is 2.19. The molecule has 1 heterocycles. The molecular weight excluding hydrogens is 345 g/mol. The molecule has 1 aliphatic heterocycles. The maximum Gasteiger partial charge on any atom is 0.228 e. The van der Waals surface area contributed by atoms with Crippen LogP contribution in [0.25, 0.3) is 0 Å². The largest absolute Gasteiger partial charge is 0.352 e. The van der Waals surface area contributed by atoms with Crippen LogP contribution in [0.5, 0.6) is 0 Å². The van der Waals surface area contributed by atoms with Gasteiger partial charge >= 0.3 is 0 Å². The van der Waals surface area contributed by atoms with E-state index < -0.39 is 0 Å². The van der Waals surface area contributed by atoms with Gasteiger partial charge in [-0.25, -0.2) is 4.39 Å². The quantitative estimate of drug-likeness (QED) is 0.759. The molecule has 2 aromatic carbocycles. The first-order valence-electron chi connectivity index (χ1n) is 9.11. The molecule has 1 saturated heterocycles. The molecule has 0 radical (unpaired) electrons. The fraction of sp³-hybridized carbons (Fsp3) is 0.333. The molecule has 0 spiro atoms. The van der Waals surface area contributed by atoms with Gasteiger partial charge in [0.05, 0.1) is 11.8 Å². The van der Waals surface area contributed by atoms with E-state index in [1.807, 2.05) is 31.2 Å². The zero-order chi connectivity index (χ0) is 19.2. The normalized spacial score (nSPS) is 19.3. The van der Waals surface area contributed by atoms with Crippen molar-refractivity contribution in [2.45, 2.75) is 19.9 Å².